The Morgan fingerprint density at radius 2 is 1.73 bits per heavy atom. The summed E-state index contributed by atoms with van der Waals surface area (Å²) in [5, 5.41) is 3.47. The second-order valence-electron chi connectivity index (χ2n) is 6.11. The van der Waals surface area contributed by atoms with Crippen molar-refractivity contribution in [2.75, 3.05) is 0 Å². The summed E-state index contributed by atoms with van der Waals surface area (Å²) in [4.78, 5) is 24.3. The fourth-order valence-corrected chi connectivity index (χ4v) is 2.66. The third-order valence-electron chi connectivity index (χ3n) is 3.91. The molecule has 26 heavy (non-hydrogen) atoms. The van der Waals surface area contributed by atoms with Crippen molar-refractivity contribution in [3.05, 3.63) is 69.7 Å². The molecule has 0 saturated heterocycles. The van der Waals surface area contributed by atoms with Gasteiger partial charge in [-0.1, -0.05) is 53.5 Å². The maximum absolute atomic E-state index is 12.2. The molecule has 0 aliphatic carbocycles. The number of aryl methyl sites for hydroxylation is 1. The number of benzene rings is 2. The zero-order valence-electron chi connectivity index (χ0n) is 14.7. The molecule has 0 bridgehead atoms. The summed E-state index contributed by atoms with van der Waals surface area (Å²) in [6.07, 6.45) is 0.749. The fourth-order valence-electron chi connectivity index (χ4n) is 2.37. The van der Waals surface area contributed by atoms with Crippen molar-refractivity contribution in [2.24, 2.45) is 0 Å². The maximum atomic E-state index is 12.2. The molecule has 0 saturated carbocycles. The minimum Gasteiger partial charge on any atom is -0.449 e. The summed E-state index contributed by atoms with van der Waals surface area (Å²) >= 11 is 11.7. The van der Waals surface area contributed by atoms with Crippen molar-refractivity contribution < 1.29 is 14.3 Å². The number of carbonyl (C=O) groups is 2. The highest BCUT2D eigenvalue weighted by Gasteiger charge is 2.20. The van der Waals surface area contributed by atoms with E-state index in [1.54, 1.807) is 0 Å². The van der Waals surface area contributed by atoms with Gasteiger partial charge in [-0.25, -0.2) is 4.79 Å². The summed E-state index contributed by atoms with van der Waals surface area (Å²) < 4.78 is 5.20. The lowest BCUT2D eigenvalue weighted by atomic mass is 10.1. The number of halogens is 2. The molecule has 138 valence electrons. The van der Waals surface area contributed by atoms with Crippen LogP contribution in [0.5, 0.6) is 0 Å². The second kappa shape index (κ2) is 9.60. The highest BCUT2D eigenvalue weighted by atomic mass is 35.5. The molecule has 1 amide bonds. The van der Waals surface area contributed by atoms with Gasteiger partial charge >= 0.3 is 5.97 Å². The van der Waals surface area contributed by atoms with E-state index in [0.29, 0.717) is 5.02 Å². The topological polar surface area (TPSA) is 55.4 Å². The average Bonchev–Trinajstić information content (AvgIpc) is 2.63. The van der Waals surface area contributed by atoms with Crippen molar-refractivity contribution in [3.63, 3.8) is 0 Å². The van der Waals surface area contributed by atoms with E-state index < -0.39 is 12.1 Å². The number of rotatable bonds is 7. The van der Waals surface area contributed by atoms with Gasteiger partial charge in [-0.3, -0.25) is 4.79 Å². The molecular formula is C20H21Cl2NO3. The van der Waals surface area contributed by atoms with Crippen LogP contribution in [0.15, 0.2) is 48.5 Å². The Morgan fingerprint density at radius 1 is 1.04 bits per heavy atom. The second-order valence-corrected chi connectivity index (χ2v) is 6.92. The maximum Gasteiger partial charge on any atom is 0.338 e. The van der Waals surface area contributed by atoms with E-state index in [9.17, 15) is 9.59 Å². The molecule has 0 fully saturated rings. The van der Waals surface area contributed by atoms with Gasteiger partial charge in [-0.15, -0.1) is 0 Å². The van der Waals surface area contributed by atoms with Crippen LogP contribution in [0.2, 0.25) is 10.0 Å². The molecule has 0 radical (unpaired) electrons. The number of hydrogen-bond donors (Lipinski definition) is 1. The Kier molecular flexibility index (Phi) is 7.49. The van der Waals surface area contributed by atoms with Crippen LogP contribution < -0.4 is 5.32 Å². The standard InChI is InChI=1S/C20H21Cl2NO3/c1-13(8-9-15-6-4-3-5-7-15)23-19(24)14(2)26-20(25)16-10-11-17(21)18(22)12-16/h3-7,10-14H,8-9H2,1-2H3,(H,23,24)/t13-,14+/m1/s1. The van der Waals surface area contributed by atoms with Crippen LogP contribution in [-0.4, -0.2) is 24.0 Å². The zero-order valence-corrected chi connectivity index (χ0v) is 16.2. The summed E-state index contributed by atoms with van der Waals surface area (Å²) in [6.45, 7) is 3.46. The summed E-state index contributed by atoms with van der Waals surface area (Å²) in [5.41, 5.74) is 1.46. The van der Waals surface area contributed by atoms with E-state index in [4.69, 9.17) is 27.9 Å². The van der Waals surface area contributed by atoms with Crippen LogP contribution in [0.1, 0.15) is 36.2 Å². The van der Waals surface area contributed by atoms with Gasteiger partial charge in [0.05, 0.1) is 15.6 Å². The van der Waals surface area contributed by atoms with E-state index in [1.807, 2.05) is 25.1 Å². The van der Waals surface area contributed by atoms with Crippen LogP contribution >= 0.6 is 23.2 Å². The van der Waals surface area contributed by atoms with Gasteiger partial charge in [0.1, 0.15) is 0 Å². The lowest BCUT2D eigenvalue weighted by Gasteiger charge is -2.18. The van der Waals surface area contributed by atoms with Gasteiger partial charge in [0.25, 0.3) is 5.91 Å². The molecule has 2 atom stereocenters. The van der Waals surface area contributed by atoms with Gasteiger partial charge in [0, 0.05) is 6.04 Å². The quantitative estimate of drug-likeness (QED) is 0.694. The normalized spacial score (nSPS) is 12.9. The van der Waals surface area contributed by atoms with Crippen LogP contribution in [0.3, 0.4) is 0 Å². The van der Waals surface area contributed by atoms with E-state index in [-0.39, 0.29) is 22.5 Å². The Labute approximate surface area is 163 Å². The molecular weight excluding hydrogens is 373 g/mol. The predicted octanol–water partition coefficient (Wildman–Crippen LogP) is 4.68. The fraction of sp³-hybridized carbons (Fsp3) is 0.300. The minimum absolute atomic E-state index is 0.0335. The molecule has 2 aromatic carbocycles. The molecule has 4 nitrogen and oxygen atoms in total. The molecule has 2 rings (SSSR count). The Balaban J connectivity index is 1.82. The third-order valence-corrected chi connectivity index (χ3v) is 4.64. The van der Waals surface area contributed by atoms with Crippen LogP contribution in [0.4, 0.5) is 0 Å². The molecule has 1 N–H and O–H groups in total. The zero-order chi connectivity index (χ0) is 19.1. The van der Waals surface area contributed by atoms with Gasteiger partial charge in [0.15, 0.2) is 6.10 Å². The lowest BCUT2D eigenvalue weighted by Crippen LogP contribution is -2.41. The smallest absolute Gasteiger partial charge is 0.338 e. The first-order chi connectivity index (χ1) is 12.4. The molecule has 2 aromatic rings. The number of amides is 1. The molecule has 0 spiro atoms. The molecule has 0 aliphatic heterocycles. The Bertz CT molecular complexity index is 765. The van der Waals surface area contributed by atoms with Crippen LogP contribution in [0.25, 0.3) is 0 Å². The van der Waals surface area contributed by atoms with E-state index in [0.717, 1.165) is 12.8 Å². The lowest BCUT2D eigenvalue weighted by molar-refractivity contribution is -0.129. The monoisotopic (exact) mass is 393 g/mol. The molecule has 0 unspecified atom stereocenters. The van der Waals surface area contributed by atoms with Crippen LogP contribution in [0, 0.1) is 0 Å². The predicted molar refractivity (Wildman–Crippen MR) is 104 cm³/mol. The SMILES string of the molecule is C[C@H](CCc1ccccc1)NC(=O)[C@H](C)OC(=O)c1ccc(Cl)c(Cl)c1. The molecule has 0 aromatic heterocycles. The van der Waals surface area contributed by atoms with Crippen LogP contribution in [-0.2, 0) is 16.0 Å². The van der Waals surface area contributed by atoms with Gasteiger partial charge in [0.2, 0.25) is 0 Å². The number of nitrogens with one attached hydrogen (secondary N) is 1. The summed E-state index contributed by atoms with van der Waals surface area (Å²) in [7, 11) is 0. The van der Waals surface area contributed by atoms with E-state index in [2.05, 4.69) is 17.4 Å². The first-order valence-corrected chi connectivity index (χ1v) is 9.12. The van der Waals surface area contributed by atoms with E-state index >= 15 is 0 Å². The molecule has 0 heterocycles. The van der Waals surface area contributed by atoms with Crippen molar-refractivity contribution in [3.8, 4) is 0 Å². The highest BCUT2D eigenvalue weighted by Crippen LogP contribution is 2.23. The Hall–Kier alpha value is -2.04. The first kappa shape index (κ1) is 20.3. The first-order valence-electron chi connectivity index (χ1n) is 8.37. The van der Waals surface area contributed by atoms with Gasteiger partial charge < -0.3 is 10.1 Å². The average molecular weight is 394 g/mol. The number of carbonyl (C=O) groups excluding carboxylic acids is 2. The molecule has 6 heteroatoms. The Morgan fingerprint density at radius 3 is 2.38 bits per heavy atom. The number of esters is 1. The van der Waals surface area contributed by atoms with Crippen molar-refractivity contribution >= 4 is 35.1 Å². The van der Waals surface area contributed by atoms with Gasteiger partial charge in [-0.2, -0.15) is 0 Å². The van der Waals surface area contributed by atoms with Crippen molar-refractivity contribution in [1.82, 2.24) is 5.32 Å². The largest absolute Gasteiger partial charge is 0.449 e. The number of ether oxygens (including phenoxy) is 1. The molecule has 0 aliphatic rings. The van der Waals surface area contributed by atoms with E-state index in [1.165, 1.54) is 30.7 Å². The number of hydrogen-bond acceptors (Lipinski definition) is 3. The minimum atomic E-state index is -0.906. The van der Waals surface area contributed by atoms with Gasteiger partial charge in [-0.05, 0) is 50.5 Å². The summed E-state index contributed by atoms with van der Waals surface area (Å²) in [6, 6.07) is 14.4. The van der Waals surface area contributed by atoms with Crippen molar-refractivity contribution in [2.45, 2.75) is 38.8 Å². The third kappa shape index (κ3) is 6.04. The summed E-state index contributed by atoms with van der Waals surface area (Å²) in [5.74, 6) is -0.956. The van der Waals surface area contributed by atoms with Crippen molar-refractivity contribution in [1.29, 1.82) is 0 Å². The highest BCUT2D eigenvalue weighted by molar-refractivity contribution is 6.42.